The molecule has 0 saturated carbocycles. The fourth-order valence-corrected chi connectivity index (χ4v) is 2.15. The number of rotatable bonds is 2. The molecule has 0 radical (unpaired) electrons. The van der Waals surface area contributed by atoms with Crippen molar-refractivity contribution in [3.8, 4) is 11.9 Å². The van der Waals surface area contributed by atoms with Gasteiger partial charge in [0, 0.05) is 22.6 Å². The molecule has 20 heavy (non-hydrogen) atoms. The van der Waals surface area contributed by atoms with Gasteiger partial charge in [-0.2, -0.15) is 5.26 Å². The highest BCUT2D eigenvalue weighted by molar-refractivity contribution is 5.97. The van der Waals surface area contributed by atoms with E-state index < -0.39 is 5.41 Å². The molecule has 0 fully saturated rings. The Morgan fingerprint density at radius 2 is 2.20 bits per heavy atom. The Labute approximate surface area is 117 Å². The van der Waals surface area contributed by atoms with E-state index in [9.17, 15) is 4.79 Å². The van der Waals surface area contributed by atoms with Gasteiger partial charge in [0.25, 0.3) is 0 Å². The molecule has 2 heterocycles. The normalized spacial score (nSPS) is 11.3. The number of ether oxygens (including phenoxy) is 1. The van der Waals surface area contributed by atoms with Gasteiger partial charge in [-0.3, -0.25) is 4.79 Å². The molecule has 0 atom stereocenters. The van der Waals surface area contributed by atoms with Crippen LogP contribution >= 0.6 is 0 Å². The minimum atomic E-state index is -0.569. The SMILES string of the molecule is COc1c(CC#N)c2cccnc2n1C(=O)C(C)(C)C. The van der Waals surface area contributed by atoms with E-state index in [2.05, 4.69) is 11.1 Å². The van der Waals surface area contributed by atoms with Crippen LogP contribution in [0.4, 0.5) is 0 Å². The fraction of sp³-hybridized carbons (Fsp3) is 0.400. The molecule has 0 saturated heterocycles. The van der Waals surface area contributed by atoms with E-state index in [1.54, 1.807) is 12.3 Å². The molecular weight excluding hydrogens is 254 g/mol. The van der Waals surface area contributed by atoms with E-state index in [0.29, 0.717) is 17.1 Å². The Morgan fingerprint density at radius 3 is 2.75 bits per heavy atom. The summed E-state index contributed by atoms with van der Waals surface area (Å²) in [7, 11) is 1.50. The third kappa shape index (κ3) is 2.14. The third-order valence-corrected chi connectivity index (χ3v) is 3.08. The topological polar surface area (TPSA) is 67.9 Å². The lowest BCUT2D eigenvalue weighted by Crippen LogP contribution is -2.27. The average molecular weight is 271 g/mol. The van der Waals surface area contributed by atoms with Crippen LogP contribution in [0.3, 0.4) is 0 Å². The molecule has 2 aromatic rings. The first-order valence-electron chi connectivity index (χ1n) is 6.36. The molecule has 0 aliphatic carbocycles. The largest absolute Gasteiger partial charge is 0.482 e. The van der Waals surface area contributed by atoms with Crippen molar-refractivity contribution in [2.75, 3.05) is 7.11 Å². The number of carbonyl (C=O) groups excluding carboxylic acids is 1. The predicted octanol–water partition coefficient (Wildman–Crippen LogP) is 2.80. The quantitative estimate of drug-likeness (QED) is 0.842. The Bertz CT molecular complexity index is 702. The van der Waals surface area contributed by atoms with Gasteiger partial charge in [0.05, 0.1) is 19.6 Å². The predicted molar refractivity (Wildman–Crippen MR) is 75.7 cm³/mol. The van der Waals surface area contributed by atoms with E-state index in [1.807, 2.05) is 26.8 Å². The maximum Gasteiger partial charge on any atom is 0.240 e. The molecule has 0 aliphatic rings. The molecule has 0 aliphatic heterocycles. The van der Waals surface area contributed by atoms with Crippen molar-refractivity contribution >= 4 is 16.9 Å². The number of hydrogen-bond donors (Lipinski definition) is 0. The van der Waals surface area contributed by atoms with Crippen LogP contribution in [0.15, 0.2) is 18.3 Å². The van der Waals surface area contributed by atoms with Gasteiger partial charge in [-0.1, -0.05) is 20.8 Å². The van der Waals surface area contributed by atoms with Crippen LogP contribution in [0.25, 0.3) is 11.0 Å². The van der Waals surface area contributed by atoms with Crippen LogP contribution in [0.1, 0.15) is 31.1 Å². The zero-order valence-corrected chi connectivity index (χ0v) is 12.1. The van der Waals surface area contributed by atoms with Crippen molar-refractivity contribution in [1.82, 2.24) is 9.55 Å². The third-order valence-electron chi connectivity index (χ3n) is 3.08. The maximum absolute atomic E-state index is 12.6. The first kappa shape index (κ1) is 14.1. The van der Waals surface area contributed by atoms with E-state index in [-0.39, 0.29) is 12.3 Å². The number of pyridine rings is 1. The van der Waals surface area contributed by atoms with E-state index in [0.717, 1.165) is 5.39 Å². The number of methoxy groups -OCH3 is 1. The minimum absolute atomic E-state index is 0.109. The Morgan fingerprint density at radius 1 is 1.50 bits per heavy atom. The zero-order valence-electron chi connectivity index (χ0n) is 12.1. The number of carbonyl (C=O) groups is 1. The summed E-state index contributed by atoms with van der Waals surface area (Å²) in [4.78, 5) is 16.9. The van der Waals surface area contributed by atoms with Crippen molar-refractivity contribution in [1.29, 1.82) is 5.26 Å². The van der Waals surface area contributed by atoms with Gasteiger partial charge in [-0.25, -0.2) is 9.55 Å². The van der Waals surface area contributed by atoms with Crippen LogP contribution in [-0.2, 0) is 6.42 Å². The molecule has 104 valence electrons. The monoisotopic (exact) mass is 271 g/mol. The molecule has 0 unspecified atom stereocenters. The molecule has 5 nitrogen and oxygen atoms in total. The lowest BCUT2D eigenvalue weighted by molar-refractivity contribution is 0.0761. The van der Waals surface area contributed by atoms with Crippen LogP contribution in [0, 0.1) is 16.7 Å². The number of nitriles is 1. The number of nitrogens with zero attached hydrogens (tertiary/aromatic N) is 3. The lowest BCUT2D eigenvalue weighted by Gasteiger charge is -2.19. The summed E-state index contributed by atoms with van der Waals surface area (Å²) in [6.45, 7) is 5.52. The Hall–Kier alpha value is -2.35. The Kier molecular flexibility index (Phi) is 3.49. The summed E-state index contributed by atoms with van der Waals surface area (Å²) < 4.78 is 6.86. The fourth-order valence-electron chi connectivity index (χ4n) is 2.15. The average Bonchev–Trinajstić information content (AvgIpc) is 2.71. The molecule has 0 amide bonds. The minimum Gasteiger partial charge on any atom is -0.482 e. The van der Waals surface area contributed by atoms with Crippen LogP contribution in [0.5, 0.6) is 5.88 Å². The van der Waals surface area contributed by atoms with E-state index >= 15 is 0 Å². The van der Waals surface area contributed by atoms with E-state index in [4.69, 9.17) is 10.00 Å². The van der Waals surface area contributed by atoms with Gasteiger partial charge in [0.15, 0.2) is 0 Å². The van der Waals surface area contributed by atoms with Gasteiger partial charge >= 0.3 is 0 Å². The van der Waals surface area contributed by atoms with Crippen LogP contribution < -0.4 is 4.74 Å². The number of aromatic nitrogens is 2. The lowest BCUT2D eigenvalue weighted by atomic mass is 9.95. The van der Waals surface area contributed by atoms with Crippen molar-refractivity contribution in [3.63, 3.8) is 0 Å². The molecular formula is C15H17N3O2. The highest BCUT2D eigenvalue weighted by Gasteiger charge is 2.30. The smallest absolute Gasteiger partial charge is 0.240 e. The molecule has 2 aromatic heterocycles. The summed E-state index contributed by atoms with van der Waals surface area (Å²) in [6, 6.07) is 5.75. The van der Waals surface area contributed by atoms with Gasteiger partial charge in [0.1, 0.15) is 5.65 Å². The first-order valence-corrected chi connectivity index (χ1v) is 6.36. The Balaban J connectivity index is 2.83. The number of hydrogen-bond acceptors (Lipinski definition) is 4. The van der Waals surface area contributed by atoms with Crippen LogP contribution in [0.2, 0.25) is 0 Å². The molecule has 2 rings (SSSR count). The molecule has 0 bridgehead atoms. The summed E-state index contributed by atoms with van der Waals surface area (Å²) >= 11 is 0. The van der Waals surface area contributed by atoms with Crippen molar-refractivity contribution < 1.29 is 9.53 Å². The van der Waals surface area contributed by atoms with Gasteiger partial charge in [0.2, 0.25) is 11.8 Å². The van der Waals surface area contributed by atoms with Crippen molar-refractivity contribution in [2.45, 2.75) is 27.2 Å². The summed E-state index contributed by atoms with van der Waals surface area (Å²) in [6.07, 6.45) is 1.81. The second kappa shape index (κ2) is 4.97. The molecule has 0 spiro atoms. The second-order valence-corrected chi connectivity index (χ2v) is 5.59. The van der Waals surface area contributed by atoms with E-state index in [1.165, 1.54) is 11.7 Å². The van der Waals surface area contributed by atoms with Gasteiger partial charge in [-0.05, 0) is 12.1 Å². The summed E-state index contributed by atoms with van der Waals surface area (Å²) in [5.41, 5.74) is 0.672. The highest BCUT2D eigenvalue weighted by atomic mass is 16.5. The summed E-state index contributed by atoms with van der Waals surface area (Å²) in [5.74, 6) is 0.294. The maximum atomic E-state index is 12.6. The zero-order chi connectivity index (χ0) is 14.9. The van der Waals surface area contributed by atoms with Crippen LogP contribution in [-0.4, -0.2) is 22.6 Å². The summed E-state index contributed by atoms with van der Waals surface area (Å²) in [5, 5.41) is 9.77. The van der Waals surface area contributed by atoms with Crippen molar-refractivity contribution in [2.24, 2.45) is 5.41 Å². The van der Waals surface area contributed by atoms with Gasteiger partial charge in [-0.15, -0.1) is 0 Å². The molecule has 0 aromatic carbocycles. The first-order chi connectivity index (χ1) is 9.41. The van der Waals surface area contributed by atoms with Gasteiger partial charge < -0.3 is 4.74 Å². The second-order valence-electron chi connectivity index (χ2n) is 5.59. The highest BCUT2D eigenvalue weighted by Crippen LogP contribution is 2.33. The van der Waals surface area contributed by atoms with Crippen molar-refractivity contribution in [3.05, 3.63) is 23.9 Å². The molecule has 0 N–H and O–H groups in total. The standard InChI is InChI=1S/C15H17N3O2/c1-15(2,3)14(19)18-12-10(6-5-9-17-12)11(7-8-16)13(18)20-4/h5-6,9H,7H2,1-4H3. The number of fused-ring (bicyclic) bond motifs is 1. The molecule has 5 heteroatoms.